The van der Waals surface area contributed by atoms with Gasteiger partial charge in [0.2, 0.25) is 0 Å². The molecule has 1 N–H and O–H groups in total. The topological polar surface area (TPSA) is 24.9 Å². The van der Waals surface area contributed by atoms with E-state index in [2.05, 4.69) is 26.2 Å². The molecule has 0 amide bonds. The Morgan fingerprint density at radius 3 is 2.74 bits per heavy atom. The second-order valence-electron chi connectivity index (χ2n) is 4.70. The molecule has 1 fully saturated rings. The van der Waals surface area contributed by atoms with E-state index >= 15 is 0 Å². The monoisotopic (exact) mass is 356 g/mol. The van der Waals surface area contributed by atoms with Gasteiger partial charge in [0.15, 0.2) is 0 Å². The van der Waals surface area contributed by atoms with Gasteiger partial charge in [0, 0.05) is 22.6 Å². The first-order valence-corrected chi connectivity index (χ1v) is 7.20. The van der Waals surface area contributed by atoms with Crippen LogP contribution in [0.25, 0.3) is 0 Å². The normalized spacial score (nSPS) is 23.6. The molecule has 1 aromatic heterocycles. The maximum atomic E-state index is 12.9. The summed E-state index contributed by atoms with van der Waals surface area (Å²) in [5.74, 6) is 0.197. The van der Waals surface area contributed by atoms with Gasteiger partial charge in [0.05, 0.1) is 5.56 Å². The molecule has 1 aliphatic rings. The number of hydrogen-bond donors (Lipinski definition) is 1. The Labute approximate surface area is 122 Å². The summed E-state index contributed by atoms with van der Waals surface area (Å²) in [5.41, 5.74) is -0.748. The van der Waals surface area contributed by atoms with Crippen LogP contribution in [0.2, 0.25) is 0 Å². The third kappa shape index (κ3) is 3.99. The van der Waals surface area contributed by atoms with Gasteiger partial charge in [0.25, 0.3) is 0 Å². The van der Waals surface area contributed by atoms with E-state index in [1.54, 1.807) is 0 Å². The summed E-state index contributed by atoms with van der Waals surface area (Å²) >= 11 is 8.99. The summed E-state index contributed by atoms with van der Waals surface area (Å²) < 4.78 is 38.9. The average Bonchev–Trinajstić information content (AvgIpc) is 2.72. The first-order valence-electron chi connectivity index (χ1n) is 5.97. The molecule has 0 bridgehead atoms. The summed E-state index contributed by atoms with van der Waals surface area (Å²) in [6, 6.07) is 1.04. The number of alkyl halides is 4. The minimum absolute atomic E-state index is 0.117. The van der Waals surface area contributed by atoms with Gasteiger partial charge in [-0.05, 0) is 47.2 Å². The third-order valence-electron chi connectivity index (χ3n) is 3.20. The Kier molecular flexibility index (Phi) is 4.61. The summed E-state index contributed by atoms with van der Waals surface area (Å²) in [5, 5.41) is 2.94. The molecular formula is C12H13BrClF3N2. The number of pyridine rings is 1. The quantitative estimate of drug-likeness (QED) is 0.794. The molecule has 2 rings (SSSR count). The molecule has 0 spiro atoms. The second kappa shape index (κ2) is 5.87. The first-order chi connectivity index (χ1) is 8.86. The largest absolute Gasteiger partial charge is 0.419 e. The Morgan fingerprint density at radius 1 is 1.42 bits per heavy atom. The highest BCUT2D eigenvalue weighted by Crippen LogP contribution is 2.36. The molecule has 0 aromatic carbocycles. The predicted molar refractivity (Wildman–Crippen MR) is 72.4 cm³/mol. The average molecular weight is 358 g/mol. The van der Waals surface area contributed by atoms with Gasteiger partial charge in [-0.15, -0.1) is 11.6 Å². The minimum Gasteiger partial charge on any atom is -0.369 e. The molecule has 1 aliphatic carbocycles. The van der Waals surface area contributed by atoms with Crippen molar-refractivity contribution in [3.05, 3.63) is 22.3 Å². The summed E-state index contributed by atoms with van der Waals surface area (Å²) in [4.78, 5) is 3.81. The van der Waals surface area contributed by atoms with Gasteiger partial charge in [-0.3, -0.25) is 0 Å². The van der Waals surface area contributed by atoms with E-state index < -0.39 is 11.7 Å². The van der Waals surface area contributed by atoms with Gasteiger partial charge < -0.3 is 5.32 Å². The molecule has 1 heterocycles. The summed E-state index contributed by atoms with van der Waals surface area (Å²) in [6.45, 7) is 0.473. The lowest BCUT2D eigenvalue weighted by atomic mass is 10.1. The first kappa shape index (κ1) is 14.9. The second-order valence-corrected chi connectivity index (χ2v) is 6.24. The SMILES string of the molecule is FC(F)(F)c1cc(Br)cnc1NCC1CCC(Cl)C1. The molecular weight excluding hydrogens is 344 g/mol. The van der Waals surface area contributed by atoms with Crippen LogP contribution in [-0.2, 0) is 6.18 Å². The van der Waals surface area contributed by atoms with Crippen LogP contribution < -0.4 is 5.32 Å². The summed E-state index contributed by atoms with van der Waals surface area (Å²) in [7, 11) is 0. The van der Waals surface area contributed by atoms with E-state index in [0.29, 0.717) is 16.9 Å². The highest BCUT2D eigenvalue weighted by atomic mass is 79.9. The smallest absolute Gasteiger partial charge is 0.369 e. The van der Waals surface area contributed by atoms with Crippen LogP contribution in [0, 0.1) is 5.92 Å². The van der Waals surface area contributed by atoms with E-state index in [-0.39, 0.29) is 11.2 Å². The Bertz CT molecular complexity index is 453. The van der Waals surface area contributed by atoms with Crippen LogP contribution in [0.4, 0.5) is 19.0 Å². The van der Waals surface area contributed by atoms with E-state index in [4.69, 9.17) is 11.6 Å². The fourth-order valence-corrected chi connectivity index (χ4v) is 2.95. The predicted octanol–water partition coefficient (Wildman–Crippen LogP) is 4.68. The zero-order chi connectivity index (χ0) is 14.0. The van der Waals surface area contributed by atoms with Crippen molar-refractivity contribution in [3.8, 4) is 0 Å². The Hall–Kier alpha value is -0.490. The number of halogens is 5. The molecule has 0 radical (unpaired) electrons. The molecule has 106 valence electrons. The van der Waals surface area contributed by atoms with E-state index in [9.17, 15) is 13.2 Å². The van der Waals surface area contributed by atoms with E-state index in [1.165, 1.54) is 6.20 Å². The number of aromatic nitrogens is 1. The molecule has 2 nitrogen and oxygen atoms in total. The van der Waals surface area contributed by atoms with Crippen LogP contribution >= 0.6 is 27.5 Å². The van der Waals surface area contributed by atoms with E-state index in [1.807, 2.05) is 0 Å². The fourth-order valence-electron chi connectivity index (χ4n) is 2.24. The zero-order valence-corrected chi connectivity index (χ0v) is 12.3. The number of rotatable bonds is 3. The third-order valence-corrected chi connectivity index (χ3v) is 4.03. The van der Waals surface area contributed by atoms with Crippen LogP contribution in [-0.4, -0.2) is 16.9 Å². The van der Waals surface area contributed by atoms with Gasteiger partial charge in [-0.1, -0.05) is 0 Å². The van der Waals surface area contributed by atoms with Crippen LogP contribution in [0.3, 0.4) is 0 Å². The van der Waals surface area contributed by atoms with Crippen molar-refractivity contribution in [3.63, 3.8) is 0 Å². The molecule has 1 aromatic rings. The standard InChI is InChI=1S/C12H13BrClF3N2/c13-8-4-10(12(15,16)17)11(19-6-8)18-5-7-1-2-9(14)3-7/h4,6-7,9H,1-3,5H2,(H,18,19). The lowest BCUT2D eigenvalue weighted by Crippen LogP contribution is -2.17. The van der Waals surface area contributed by atoms with Crippen LogP contribution in [0.5, 0.6) is 0 Å². The Balaban J connectivity index is 2.07. The number of hydrogen-bond acceptors (Lipinski definition) is 2. The molecule has 7 heteroatoms. The van der Waals surface area contributed by atoms with Crippen molar-refractivity contribution < 1.29 is 13.2 Å². The number of anilines is 1. The van der Waals surface area contributed by atoms with Crippen LogP contribution in [0.15, 0.2) is 16.7 Å². The van der Waals surface area contributed by atoms with Gasteiger partial charge in [0.1, 0.15) is 5.82 Å². The minimum atomic E-state index is -4.41. The maximum Gasteiger partial charge on any atom is 0.419 e. The van der Waals surface area contributed by atoms with Crippen molar-refractivity contribution in [2.45, 2.75) is 30.8 Å². The fraction of sp³-hybridized carbons (Fsp3) is 0.583. The lowest BCUT2D eigenvalue weighted by Gasteiger charge is -2.16. The lowest BCUT2D eigenvalue weighted by molar-refractivity contribution is -0.137. The van der Waals surface area contributed by atoms with Crippen LogP contribution in [0.1, 0.15) is 24.8 Å². The van der Waals surface area contributed by atoms with Gasteiger partial charge >= 0.3 is 6.18 Å². The van der Waals surface area contributed by atoms with Crippen molar-refractivity contribution >= 4 is 33.3 Å². The molecule has 0 aliphatic heterocycles. The molecule has 0 saturated heterocycles. The van der Waals surface area contributed by atoms with Crippen molar-refractivity contribution in [2.24, 2.45) is 5.92 Å². The summed E-state index contributed by atoms with van der Waals surface area (Å²) in [6.07, 6.45) is -0.348. The van der Waals surface area contributed by atoms with Crippen molar-refractivity contribution in [1.82, 2.24) is 4.98 Å². The Morgan fingerprint density at radius 2 is 2.16 bits per heavy atom. The van der Waals surface area contributed by atoms with Gasteiger partial charge in [-0.25, -0.2) is 4.98 Å². The highest BCUT2D eigenvalue weighted by molar-refractivity contribution is 9.10. The van der Waals surface area contributed by atoms with E-state index in [0.717, 1.165) is 25.3 Å². The van der Waals surface area contributed by atoms with Crippen molar-refractivity contribution in [1.29, 1.82) is 0 Å². The molecule has 1 saturated carbocycles. The molecule has 19 heavy (non-hydrogen) atoms. The van der Waals surface area contributed by atoms with Crippen molar-refractivity contribution in [2.75, 3.05) is 11.9 Å². The number of nitrogens with one attached hydrogen (secondary N) is 1. The maximum absolute atomic E-state index is 12.9. The highest BCUT2D eigenvalue weighted by Gasteiger charge is 2.35. The zero-order valence-electron chi connectivity index (χ0n) is 9.97. The molecule has 2 atom stereocenters. The molecule has 2 unspecified atom stereocenters. The van der Waals surface area contributed by atoms with Gasteiger partial charge in [-0.2, -0.15) is 13.2 Å². The number of nitrogens with zero attached hydrogens (tertiary/aromatic N) is 1.